The number of aromatic nitrogens is 1. The van der Waals surface area contributed by atoms with Gasteiger partial charge in [0.15, 0.2) is 11.0 Å². The van der Waals surface area contributed by atoms with Gasteiger partial charge in [-0.05, 0) is 65.7 Å². The number of nitrogens with one attached hydrogen (secondary N) is 1. The van der Waals surface area contributed by atoms with Crippen LogP contribution in [0.25, 0.3) is 44.5 Å². The molecule has 0 atom stereocenters. The molecule has 0 amide bonds. The van der Waals surface area contributed by atoms with Crippen molar-refractivity contribution in [3.8, 4) is 33.9 Å². The fourth-order valence-electron chi connectivity index (χ4n) is 3.42. The molecule has 5 heteroatoms. The molecule has 5 aromatic rings. The summed E-state index contributed by atoms with van der Waals surface area (Å²) in [7, 11) is 0. The summed E-state index contributed by atoms with van der Waals surface area (Å²) >= 11 is 0. The first-order valence-corrected chi connectivity index (χ1v) is 8.77. The van der Waals surface area contributed by atoms with Crippen LogP contribution in [0.15, 0.2) is 82.0 Å². The molecule has 5 rings (SSSR count). The van der Waals surface area contributed by atoms with Gasteiger partial charge in [0.25, 0.3) is 0 Å². The number of aromatic hydroxyl groups is 2. The minimum atomic E-state index is -0.114. The van der Waals surface area contributed by atoms with Gasteiger partial charge in [0.2, 0.25) is 0 Å². The van der Waals surface area contributed by atoms with Crippen molar-refractivity contribution in [1.82, 2.24) is 4.98 Å². The monoisotopic (exact) mass is 369 g/mol. The fourth-order valence-corrected chi connectivity index (χ4v) is 3.42. The predicted octanol–water partition coefficient (Wildman–Crippen LogP) is 5.02. The standard InChI is InChI=1S/C23H15NO4/c25-15-5-1-13(2-6-15)19-12-20(14-3-7-16(26)8-4-14)24-22-18-10-9-17(27)11-21(18)28-23(19)22/h1-12,24-26H. The highest BCUT2D eigenvalue weighted by atomic mass is 16.3. The van der Waals surface area contributed by atoms with Crippen molar-refractivity contribution in [3.63, 3.8) is 0 Å². The zero-order valence-electron chi connectivity index (χ0n) is 14.6. The molecular weight excluding hydrogens is 354 g/mol. The third-order valence-corrected chi connectivity index (χ3v) is 4.81. The lowest BCUT2D eigenvalue weighted by Gasteiger charge is -2.09. The van der Waals surface area contributed by atoms with Crippen molar-refractivity contribution in [2.24, 2.45) is 0 Å². The molecule has 2 aromatic heterocycles. The van der Waals surface area contributed by atoms with Gasteiger partial charge in [-0.1, -0.05) is 12.1 Å². The summed E-state index contributed by atoms with van der Waals surface area (Å²) in [6.07, 6.45) is 0. The number of rotatable bonds is 2. The molecule has 0 unspecified atom stereocenters. The van der Waals surface area contributed by atoms with Gasteiger partial charge < -0.3 is 19.6 Å². The van der Waals surface area contributed by atoms with Crippen LogP contribution in [0.1, 0.15) is 0 Å². The highest BCUT2D eigenvalue weighted by Crippen LogP contribution is 2.37. The van der Waals surface area contributed by atoms with E-state index in [1.54, 1.807) is 30.3 Å². The molecule has 0 spiro atoms. The van der Waals surface area contributed by atoms with E-state index in [1.807, 2.05) is 30.3 Å². The Labute approximate surface area is 159 Å². The molecule has 2 heterocycles. The average molecular weight is 369 g/mol. The fraction of sp³-hybridized carbons (Fsp3) is 0. The lowest BCUT2D eigenvalue weighted by molar-refractivity contribution is 0.475. The quantitative estimate of drug-likeness (QED) is 0.408. The Hall–Kier alpha value is -3.99. The second kappa shape index (κ2) is 6.03. The molecule has 0 aliphatic heterocycles. The van der Waals surface area contributed by atoms with Crippen LogP contribution in [0, 0.1) is 0 Å². The Bertz CT molecular complexity index is 1380. The normalized spacial score (nSPS) is 11.3. The number of fused-ring (bicyclic) bond motifs is 3. The van der Waals surface area contributed by atoms with Gasteiger partial charge in [0.1, 0.15) is 17.1 Å². The smallest absolute Gasteiger partial charge is 0.182 e. The molecule has 0 saturated carbocycles. The molecule has 0 bridgehead atoms. The summed E-state index contributed by atoms with van der Waals surface area (Å²) in [5, 5.41) is 20.0. The van der Waals surface area contributed by atoms with Crippen molar-refractivity contribution in [2.75, 3.05) is 0 Å². The minimum absolute atomic E-state index is 0.114. The number of pyridine rings is 1. The maximum Gasteiger partial charge on any atom is 0.182 e. The number of hydrogen-bond acceptors (Lipinski definition) is 4. The highest BCUT2D eigenvalue weighted by molar-refractivity contribution is 6.08. The van der Waals surface area contributed by atoms with Gasteiger partial charge in [0.05, 0.1) is 5.52 Å². The molecule has 3 aromatic carbocycles. The third kappa shape index (κ3) is 2.61. The van der Waals surface area contributed by atoms with E-state index in [-0.39, 0.29) is 16.9 Å². The van der Waals surface area contributed by atoms with Gasteiger partial charge in [-0.15, -0.1) is 0 Å². The van der Waals surface area contributed by atoms with Crippen LogP contribution in [0.2, 0.25) is 0 Å². The summed E-state index contributed by atoms with van der Waals surface area (Å²) in [6.45, 7) is 0. The van der Waals surface area contributed by atoms with Gasteiger partial charge in [-0.25, -0.2) is 0 Å². The first kappa shape index (κ1) is 16.2. The Kier molecular flexibility index (Phi) is 3.49. The maximum atomic E-state index is 11.8. The molecule has 0 saturated heterocycles. The zero-order chi connectivity index (χ0) is 19.3. The van der Waals surface area contributed by atoms with Crippen LogP contribution in [0.4, 0.5) is 0 Å². The maximum absolute atomic E-state index is 11.8. The SMILES string of the molecule is O=c1ccc2c(c1)oc1c(-c3ccc(O)cc3)cc(-c3ccc(O)cc3)[nH]c12. The molecule has 0 aliphatic rings. The zero-order valence-corrected chi connectivity index (χ0v) is 14.6. The number of phenolic OH excluding ortho intramolecular Hbond substituents is 2. The largest absolute Gasteiger partial charge is 0.508 e. The van der Waals surface area contributed by atoms with Gasteiger partial charge in [0, 0.05) is 22.7 Å². The first-order chi connectivity index (χ1) is 13.6. The predicted molar refractivity (Wildman–Crippen MR) is 109 cm³/mol. The summed E-state index contributed by atoms with van der Waals surface area (Å²) in [5.41, 5.74) is 5.26. The molecule has 3 N–H and O–H groups in total. The number of furan rings is 1. The van der Waals surface area contributed by atoms with E-state index in [4.69, 9.17) is 4.42 Å². The number of hydrogen-bond donors (Lipinski definition) is 3. The molecule has 28 heavy (non-hydrogen) atoms. The second-order valence-electron chi connectivity index (χ2n) is 6.65. The van der Waals surface area contributed by atoms with E-state index >= 15 is 0 Å². The van der Waals surface area contributed by atoms with E-state index in [0.29, 0.717) is 11.2 Å². The molecule has 0 aliphatic carbocycles. The van der Waals surface area contributed by atoms with Crippen molar-refractivity contribution in [1.29, 1.82) is 0 Å². The Balaban J connectivity index is 1.87. The lowest BCUT2D eigenvalue weighted by atomic mass is 10.0. The van der Waals surface area contributed by atoms with Crippen molar-refractivity contribution >= 4 is 22.1 Å². The molecular formula is C23H15NO4. The third-order valence-electron chi connectivity index (χ3n) is 4.81. The first-order valence-electron chi connectivity index (χ1n) is 8.77. The Morgan fingerprint density at radius 3 is 2.07 bits per heavy atom. The summed E-state index contributed by atoms with van der Waals surface area (Å²) in [5.74, 6) is 0.377. The average Bonchev–Trinajstić information content (AvgIpc) is 3.06. The van der Waals surface area contributed by atoms with Crippen molar-refractivity contribution in [2.45, 2.75) is 0 Å². The number of phenols is 2. The van der Waals surface area contributed by atoms with Gasteiger partial charge in [-0.3, -0.25) is 4.79 Å². The van der Waals surface area contributed by atoms with Gasteiger partial charge in [-0.2, -0.15) is 0 Å². The van der Waals surface area contributed by atoms with Crippen LogP contribution < -0.4 is 5.43 Å². The van der Waals surface area contributed by atoms with Crippen molar-refractivity contribution in [3.05, 3.63) is 83.0 Å². The summed E-state index contributed by atoms with van der Waals surface area (Å²) < 4.78 is 6.03. The van der Waals surface area contributed by atoms with Gasteiger partial charge >= 0.3 is 0 Å². The second-order valence-corrected chi connectivity index (χ2v) is 6.65. The van der Waals surface area contributed by atoms with E-state index in [2.05, 4.69) is 4.98 Å². The lowest BCUT2D eigenvalue weighted by Crippen LogP contribution is -1.92. The number of aromatic amines is 1. The molecule has 0 radical (unpaired) electrons. The summed E-state index contributed by atoms with van der Waals surface area (Å²) in [4.78, 5) is 15.2. The minimum Gasteiger partial charge on any atom is -0.508 e. The van der Waals surface area contributed by atoms with Crippen LogP contribution in [-0.2, 0) is 0 Å². The van der Waals surface area contributed by atoms with E-state index in [9.17, 15) is 15.0 Å². The van der Waals surface area contributed by atoms with Crippen LogP contribution in [-0.4, -0.2) is 15.2 Å². The van der Waals surface area contributed by atoms with E-state index in [0.717, 1.165) is 33.3 Å². The highest BCUT2D eigenvalue weighted by Gasteiger charge is 2.16. The van der Waals surface area contributed by atoms with Crippen molar-refractivity contribution < 1.29 is 14.6 Å². The Morgan fingerprint density at radius 2 is 1.39 bits per heavy atom. The number of H-pyrrole nitrogens is 1. The topological polar surface area (TPSA) is 86.5 Å². The van der Waals surface area contributed by atoms with E-state index in [1.165, 1.54) is 12.1 Å². The number of benzene rings is 3. The summed E-state index contributed by atoms with van der Waals surface area (Å²) in [6, 6.07) is 20.5. The van der Waals surface area contributed by atoms with Crippen LogP contribution >= 0.6 is 0 Å². The molecule has 136 valence electrons. The van der Waals surface area contributed by atoms with Crippen LogP contribution in [0.3, 0.4) is 0 Å². The van der Waals surface area contributed by atoms with Crippen LogP contribution in [0.5, 0.6) is 11.5 Å². The molecule has 0 fully saturated rings. The van der Waals surface area contributed by atoms with E-state index < -0.39 is 0 Å². The Morgan fingerprint density at radius 1 is 0.750 bits per heavy atom. The molecule has 5 nitrogen and oxygen atoms in total.